The Balaban J connectivity index is 1.66. The molecule has 6 nitrogen and oxygen atoms in total. The van der Waals surface area contributed by atoms with Crippen LogP contribution in [0.25, 0.3) is 0 Å². The number of amides is 1. The number of benzene rings is 3. The van der Waals surface area contributed by atoms with Crippen molar-refractivity contribution in [2.24, 2.45) is 5.10 Å². The van der Waals surface area contributed by atoms with Crippen molar-refractivity contribution in [1.82, 2.24) is 5.43 Å². The summed E-state index contributed by atoms with van der Waals surface area (Å²) in [5, 5.41) is 4.69. The van der Waals surface area contributed by atoms with E-state index in [1.807, 2.05) is 48.5 Å². The second-order valence-electron chi connectivity index (χ2n) is 6.19. The van der Waals surface area contributed by atoms with Crippen molar-refractivity contribution in [2.45, 2.75) is 6.61 Å². The lowest BCUT2D eigenvalue weighted by Crippen LogP contribution is -2.17. The lowest BCUT2D eigenvalue weighted by molar-refractivity contribution is 0.0954. The first-order valence-corrected chi connectivity index (χ1v) is 9.51. The fourth-order valence-electron chi connectivity index (χ4n) is 2.69. The Morgan fingerprint density at radius 2 is 1.70 bits per heavy atom. The average molecular weight is 425 g/mol. The van der Waals surface area contributed by atoms with Gasteiger partial charge < -0.3 is 14.2 Å². The van der Waals surface area contributed by atoms with Gasteiger partial charge in [-0.05, 0) is 36.4 Å². The normalized spacial score (nSPS) is 10.6. The molecule has 0 saturated carbocycles. The zero-order valence-corrected chi connectivity index (χ0v) is 17.3. The fourth-order valence-corrected chi connectivity index (χ4v) is 2.88. The molecule has 0 heterocycles. The molecule has 0 aromatic heterocycles. The summed E-state index contributed by atoms with van der Waals surface area (Å²) in [6.07, 6.45) is 1.53. The number of nitrogens with one attached hydrogen (secondary N) is 1. The van der Waals surface area contributed by atoms with Gasteiger partial charge in [0, 0.05) is 21.7 Å². The summed E-state index contributed by atoms with van der Waals surface area (Å²) in [7, 11) is 3.05. The predicted octanol–water partition coefficient (Wildman–Crippen LogP) is 4.70. The van der Waals surface area contributed by atoms with Crippen molar-refractivity contribution in [3.8, 4) is 17.2 Å². The van der Waals surface area contributed by atoms with E-state index in [-0.39, 0.29) is 5.91 Å². The third kappa shape index (κ3) is 5.30. The number of ether oxygens (including phenoxy) is 3. The molecular formula is C23H21ClN2O4. The molecule has 0 atom stereocenters. The van der Waals surface area contributed by atoms with E-state index < -0.39 is 0 Å². The summed E-state index contributed by atoms with van der Waals surface area (Å²) < 4.78 is 16.3. The van der Waals surface area contributed by atoms with Crippen molar-refractivity contribution in [3.05, 3.63) is 88.4 Å². The van der Waals surface area contributed by atoms with Crippen LogP contribution in [0.4, 0.5) is 0 Å². The van der Waals surface area contributed by atoms with E-state index in [0.29, 0.717) is 34.4 Å². The number of carbonyl (C=O) groups is 1. The van der Waals surface area contributed by atoms with Crippen LogP contribution >= 0.6 is 11.6 Å². The van der Waals surface area contributed by atoms with Gasteiger partial charge in [-0.1, -0.05) is 41.9 Å². The van der Waals surface area contributed by atoms with E-state index >= 15 is 0 Å². The SMILES string of the molecule is COc1ccc(C(=O)N/N=C/c2ccccc2OCc2ccccc2Cl)cc1OC. The molecule has 0 aliphatic heterocycles. The molecule has 0 bridgehead atoms. The third-order valence-corrected chi connectivity index (χ3v) is 4.64. The Labute approximate surface area is 180 Å². The van der Waals surface area contributed by atoms with Gasteiger partial charge in [0.25, 0.3) is 5.91 Å². The highest BCUT2D eigenvalue weighted by molar-refractivity contribution is 6.31. The summed E-state index contributed by atoms with van der Waals surface area (Å²) in [5.41, 5.74) is 4.50. The highest BCUT2D eigenvalue weighted by Gasteiger charge is 2.10. The Morgan fingerprint density at radius 1 is 0.967 bits per heavy atom. The van der Waals surface area contributed by atoms with E-state index in [1.165, 1.54) is 20.4 Å². The Morgan fingerprint density at radius 3 is 2.47 bits per heavy atom. The first kappa shape index (κ1) is 21.2. The molecule has 1 N–H and O–H groups in total. The molecule has 3 aromatic carbocycles. The quantitative estimate of drug-likeness (QED) is 0.420. The fraction of sp³-hybridized carbons (Fsp3) is 0.130. The molecular weight excluding hydrogens is 404 g/mol. The van der Waals surface area contributed by atoms with Crippen LogP contribution in [-0.2, 0) is 6.61 Å². The van der Waals surface area contributed by atoms with Crippen molar-refractivity contribution in [2.75, 3.05) is 14.2 Å². The highest BCUT2D eigenvalue weighted by Crippen LogP contribution is 2.27. The van der Waals surface area contributed by atoms with Crippen molar-refractivity contribution in [1.29, 1.82) is 0 Å². The number of rotatable bonds is 8. The maximum atomic E-state index is 12.4. The number of hydrogen-bond acceptors (Lipinski definition) is 5. The zero-order valence-electron chi connectivity index (χ0n) is 16.6. The molecule has 154 valence electrons. The topological polar surface area (TPSA) is 69.2 Å². The number of halogens is 1. The minimum atomic E-state index is -0.373. The molecule has 3 rings (SSSR count). The van der Waals surface area contributed by atoms with Crippen LogP contribution in [0.3, 0.4) is 0 Å². The first-order chi connectivity index (χ1) is 14.6. The van der Waals surface area contributed by atoms with Crippen LogP contribution in [0.15, 0.2) is 71.8 Å². The van der Waals surface area contributed by atoms with E-state index in [0.717, 1.165) is 11.1 Å². The number of hydrogen-bond donors (Lipinski definition) is 1. The largest absolute Gasteiger partial charge is 0.493 e. The number of hydrazone groups is 1. The molecule has 0 aliphatic rings. The number of nitrogens with zero attached hydrogens (tertiary/aromatic N) is 1. The van der Waals surface area contributed by atoms with Gasteiger partial charge in [0.1, 0.15) is 12.4 Å². The van der Waals surface area contributed by atoms with Crippen LogP contribution in [-0.4, -0.2) is 26.3 Å². The third-order valence-electron chi connectivity index (χ3n) is 4.28. The monoisotopic (exact) mass is 424 g/mol. The average Bonchev–Trinajstić information content (AvgIpc) is 2.78. The van der Waals surface area contributed by atoms with E-state index in [1.54, 1.807) is 18.2 Å². The van der Waals surface area contributed by atoms with Gasteiger partial charge >= 0.3 is 0 Å². The van der Waals surface area contributed by atoms with E-state index in [4.69, 9.17) is 25.8 Å². The number of methoxy groups -OCH3 is 2. The molecule has 0 saturated heterocycles. The minimum Gasteiger partial charge on any atom is -0.493 e. The van der Waals surface area contributed by atoms with Crippen molar-refractivity contribution >= 4 is 23.7 Å². The molecule has 0 radical (unpaired) electrons. The molecule has 3 aromatic rings. The highest BCUT2D eigenvalue weighted by atomic mass is 35.5. The van der Waals surface area contributed by atoms with Crippen LogP contribution in [0.5, 0.6) is 17.2 Å². The Kier molecular flexibility index (Phi) is 7.29. The first-order valence-electron chi connectivity index (χ1n) is 9.13. The minimum absolute atomic E-state index is 0.322. The summed E-state index contributed by atoms with van der Waals surface area (Å²) in [6.45, 7) is 0.322. The van der Waals surface area contributed by atoms with Crippen LogP contribution in [0, 0.1) is 0 Å². The predicted molar refractivity (Wildman–Crippen MR) is 117 cm³/mol. The molecule has 0 unspecified atom stereocenters. The second-order valence-corrected chi connectivity index (χ2v) is 6.59. The zero-order chi connectivity index (χ0) is 21.3. The summed E-state index contributed by atoms with van der Waals surface area (Å²) in [5.74, 6) is 1.26. The maximum absolute atomic E-state index is 12.4. The summed E-state index contributed by atoms with van der Waals surface area (Å²) in [6, 6.07) is 19.8. The van der Waals surface area contributed by atoms with Crippen LogP contribution in [0.2, 0.25) is 5.02 Å². The second kappa shape index (κ2) is 10.3. The molecule has 0 spiro atoms. The lowest BCUT2D eigenvalue weighted by atomic mass is 10.2. The molecule has 1 amide bonds. The molecule has 7 heteroatoms. The van der Waals surface area contributed by atoms with Gasteiger partial charge in [0.05, 0.1) is 20.4 Å². The Bertz CT molecular complexity index is 1050. The van der Waals surface area contributed by atoms with Gasteiger partial charge in [-0.2, -0.15) is 5.10 Å². The molecule has 0 fully saturated rings. The van der Waals surface area contributed by atoms with E-state index in [2.05, 4.69) is 10.5 Å². The summed E-state index contributed by atoms with van der Waals surface area (Å²) in [4.78, 5) is 12.4. The molecule has 0 aliphatic carbocycles. The maximum Gasteiger partial charge on any atom is 0.271 e. The van der Waals surface area contributed by atoms with Gasteiger partial charge in [-0.25, -0.2) is 5.43 Å². The van der Waals surface area contributed by atoms with Crippen LogP contribution < -0.4 is 19.6 Å². The lowest BCUT2D eigenvalue weighted by Gasteiger charge is -2.10. The van der Waals surface area contributed by atoms with Gasteiger partial charge in [-0.3, -0.25) is 4.79 Å². The van der Waals surface area contributed by atoms with Gasteiger partial charge in [0.2, 0.25) is 0 Å². The van der Waals surface area contributed by atoms with Gasteiger partial charge in [-0.15, -0.1) is 0 Å². The van der Waals surface area contributed by atoms with Crippen molar-refractivity contribution < 1.29 is 19.0 Å². The Hall–Kier alpha value is -3.51. The summed E-state index contributed by atoms with van der Waals surface area (Å²) >= 11 is 6.18. The number of para-hydroxylation sites is 1. The number of carbonyl (C=O) groups excluding carboxylic acids is 1. The molecule has 30 heavy (non-hydrogen) atoms. The van der Waals surface area contributed by atoms with E-state index in [9.17, 15) is 4.79 Å². The van der Waals surface area contributed by atoms with Crippen LogP contribution in [0.1, 0.15) is 21.5 Å². The van der Waals surface area contributed by atoms with Gasteiger partial charge in [0.15, 0.2) is 11.5 Å². The smallest absolute Gasteiger partial charge is 0.271 e. The van der Waals surface area contributed by atoms with Crippen molar-refractivity contribution in [3.63, 3.8) is 0 Å². The standard InChI is InChI=1S/C23H21ClN2O4/c1-28-21-12-11-16(13-22(21)29-2)23(27)26-25-14-17-7-4-6-10-20(17)30-15-18-8-3-5-9-19(18)24/h3-14H,15H2,1-2H3,(H,26,27)/b25-14+.